The third-order valence-corrected chi connectivity index (χ3v) is 2.51. The van der Waals surface area contributed by atoms with Crippen LogP contribution in [0.25, 0.3) is 0 Å². The molecule has 0 aliphatic rings. The number of carbonyl (C=O) groups excluding carboxylic acids is 2. The van der Waals surface area contributed by atoms with Crippen molar-refractivity contribution in [3.8, 4) is 0 Å². The van der Waals surface area contributed by atoms with Crippen LogP contribution in [-0.2, 0) is 14.3 Å². The maximum atomic E-state index is 11.2. The third-order valence-electron chi connectivity index (χ3n) is 1.30. The number of ether oxygens (including phenoxy) is 2. The van der Waals surface area contributed by atoms with E-state index in [1.807, 2.05) is 22.6 Å². The summed E-state index contributed by atoms with van der Waals surface area (Å²) in [4.78, 5) is 22.3. The second-order valence-corrected chi connectivity index (χ2v) is 5.96. The van der Waals surface area contributed by atoms with E-state index in [9.17, 15) is 9.59 Å². The first-order valence-corrected chi connectivity index (χ1v) is 6.60. The number of alkyl carbamates (subject to hydrolysis) is 1. The van der Waals surface area contributed by atoms with Crippen molar-refractivity contribution in [2.75, 3.05) is 18.1 Å². The highest BCUT2D eigenvalue weighted by molar-refractivity contribution is 14.1. The molecular weight excluding hydrogens is 395 g/mol. The number of hydrogen-bond acceptors (Lipinski definition) is 4. The van der Waals surface area contributed by atoms with Crippen molar-refractivity contribution >= 4 is 69.5 Å². The highest BCUT2D eigenvalue weighted by atomic mass is 127. The zero-order valence-corrected chi connectivity index (χ0v) is 12.6. The molecule has 0 bridgehead atoms. The normalized spacial score (nSPS) is 12.8. The minimum absolute atomic E-state index is 0.341. The molecule has 5 nitrogen and oxygen atoms in total. The number of halogens is 4. The molecular formula is C7H9Cl3INO4. The van der Waals surface area contributed by atoms with E-state index >= 15 is 0 Å². The lowest BCUT2D eigenvalue weighted by Gasteiger charge is -2.15. The van der Waals surface area contributed by atoms with Crippen LogP contribution in [-0.4, -0.2) is 40.0 Å². The monoisotopic (exact) mass is 403 g/mol. The zero-order valence-electron chi connectivity index (χ0n) is 8.14. The summed E-state index contributed by atoms with van der Waals surface area (Å²) in [6.45, 7) is -0.404. The van der Waals surface area contributed by atoms with Crippen LogP contribution in [0, 0.1) is 0 Å². The maximum absolute atomic E-state index is 11.2. The minimum atomic E-state index is -1.68. The van der Waals surface area contributed by atoms with Gasteiger partial charge in [-0.2, -0.15) is 0 Å². The fraction of sp³-hybridized carbons (Fsp3) is 0.714. The van der Waals surface area contributed by atoms with E-state index < -0.39 is 28.5 Å². The average molecular weight is 404 g/mol. The van der Waals surface area contributed by atoms with Crippen molar-refractivity contribution in [3.63, 3.8) is 0 Å². The maximum Gasteiger partial charge on any atom is 0.408 e. The molecule has 0 radical (unpaired) electrons. The molecule has 0 rings (SSSR count). The van der Waals surface area contributed by atoms with Gasteiger partial charge in [0.1, 0.15) is 12.6 Å². The summed E-state index contributed by atoms with van der Waals surface area (Å²) in [6.07, 6.45) is -0.849. The van der Waals surface area contributed by atoms with Gasteiger partial charge in [-0.1, -0.05) is 57.4 Å². The van der Waals surface area contributed by atoms with Gasteiger partial charge in [0.05, 0.1) is 7.11 Å². The summed E-state index contributed by atoms with van der Waals surface area (Å²) in [6, 6.07) is -0.784. The Labute approximate surface area is 121 Å². The van der Waals surface area contributed by atoms with E-state index in [0.717, 1.165) is 0 Å². The lowest BCUT2D eigenvalue weighted by Crippen LogP contribution is -2.43. The first kappa shape index (κ1) is 16.3. The molecule has 0 spiro atoms. The Kier molecular flexibility index (Phi) is 7.79. The molecule has 0 aromatic rings. The van der Waals surface area contributed by atoms with Crippen LogP contribution in [0.15, 0.2) is 0 Å². The number of amides is 1. The van der Waals surface area contributed by atoms with Gasteiger partial charge in [0.25, 0.3) is 0 Å². The van der Waals surface area contributed by atoms with Crippen LogP contribution < -0.4 is 5.32 Å². The number of methoxy groups -OCH3 is 1. The molecule has 0 heterocycles. The number of alkyl halides is 4. The van der Waals surface area contributed by atoms with Crippen LogP contribution in [0.3, 0.4) is 0 Å². The molecule has 1 atom stereocenters. The molecule has 0 aromatic carbocycles. The van der Waals surface area contributed by atoms with Crippen LogP contribution in [0.5, 0.6) is 0 Å². The summed E-state index contributed by atoms with van der Waals surface area (Å²) >= 11 is 18.0. The number of hydrogen-bond donors (Lipinski definition) is 1. The van der Waals surface area contributed by atoms with Crippen molar-refractivity contribution < 1.29 is 19.1 Å². The predicted octanol–water partition coefficient (Wildman–Crippen LogP) is 2.06. The largest absolute Gasteiger partial charge is 0.467 e. The van der Waals surface area contributed by atoms with Gasteiger partial charge in [0, 0.05) is 4.43 Å². The molecule has 0 unspecified atom stereocenters. The van der Waals surface area contributed by atoms with E-state index in [-0.39, 0.29) is 0 Å². The molecule has 9 heteroatoms. The number of carbonyl (C=O) groups is 2. The molecule has 16 heavy (non-hydrogen) atoms. The Morgan fingerprint density at radius 1 is 1.44 bits per heavy atom. The number of esters is 1. The fourth-order valence-electron chi connectivity index (χ4n) is 0.634. The standard InChI is InChI=1S/C7H9Cl3INO4/c1-15-5(13)4(2-11)12-6(14)16-3-7(8,9)10/h4H,2-3H2,1H3,(H,12,14)/t4-/m0/s1. The Bertz CT molecular complexity index is 259. The van der Waals surface area contributed by atoms with Crippen molar-refractivity contribution in [1.29, 1.82) is 0 Å². The van der Waals surface area contributed by atoms with E-state index in [0.29, 0.717) is 4.43 Å². The van der Waals surface area contributed by atoms with Gasteiger partial charge in [-0.3, -0.25) is 0 Å². The van der Waals surface area contributed by atoms with Crippen LogP contribution in [0.2, 0.25) is 0 Å². The molecule has 94 valence electrons. The lowest BCUT2D eigenvalue weighted by molar-refractivity contribution is -0.142. The van der Waals surface area contributed by atoms with E-state index in [1.165, 1.54) is 7.11 Å². The molecule has 1 N–H and O–H groups in total. The molecule has 0 saturated heterocycles. The molecule has 0 aromatic heterocycles. The van der Waals surface area contributed by atoms with Gasteiger partial charge in [0.15, 0.2) is 0 Å². The highest BCUT2D eigenvalue weighted by Crippen LogP contribution is 2.25. The molecule has 0 saturated carbocycles. The number of rotatable bonds is 4. The first-order valence-electron chi connectivity index (χ1n) is 3.94. The summed E-state index contributed by atoms with van der Waals surface area (Å²) in [5, 5.41) is 2.27. The quantitative estimate of drug-likeness (QED) is 0.443. The lowest BCUT2D eigenvalue weighted by atomic mass is 10.3. The molecule has 0 aliphatic carbocycles. The highest BCUT2D eigenvalue weighted by Gasteiger charge is 2.25. The Morgan fingerprint density at radius 3 is 2.38 bits per heavy atom. The molecule has 1 amide bonds. The van der Waals surface area contributed by atoms with Crippen LogP contribution >= 0.6 is 57.4 Å². The summed E-state index contributed by atoms with van der Waals surface area (Å²) in [7, 11) is 1.22. The van der Waals surface area contributed by atoms with Crippen molar-refractivity contribution in [2.24, 2.45) is 0 Å². The van der Waals surface area contributed by atoms with Crippen molar-refractivity contribution in [2.45, 2.75) is 9.83 Å². The first-order chi connectivity index (χ1) is 7.30. The second-order valence-electron chi connectivity index (χ2n) is 2.57. The Hall–Kier alpha value is 0.340. The summed E-state index contributed by atoms with van der Waals surface area (Å²) in [5.74, 6) is -0.569. The van der Waals surface area contributed by atoms with Gasteiger partial charge >= 0.3 is 12.1 Å². The van der Waals surface area contributed by atoms with Crippen LogP contribution in [0.4, 0.5) is 4.79 Å². The molecule has 0 aliphatic heterocycles. The Morgan fingerprint density at radius 2 is 2.00 bits per heavy atom. The summed E-state index contributed by atoms with van der Waals surface area (Å²) in [5.41, 5.74) is 0. The minimum Gasteiger partial charge on any atom is -0.467 e. The van der Waals surface area contributed by atoms with E-state index in [1.54, 1.807) is 0 Å². The topological polar surface area (TPSA) is 64.6 Å². The third kappa shape index (κ3) is 7.59. The SMILES string of the molecule is COC(=O)[C@H](CI)NC(=O)OCC(Cl)(Cl)Cl. The van der Waals surface area contributed by atoms with Crippen molar-refractivity contribution in [1.82, 2.24) is 5.32 Å². The molecule has 0 fully saturated rings. The van der Waals surface area contributed by atoms with Crippen LogP contribution in [0.1, 0.15) is 0 Å². The predicted molar refractivity (Wildman–Crippen MR) is 69.5 cm³/mol. The van der Waals surface area contributed by atoms with Gasteiger partial charge in [-0.25, -0.2) is 9.59 Å². The smallest absolute Gasteiger partial charge is 0.408 e. The van der Waals surface area contributed by atoms with Gasteiger partial charge in [0.2, 0.25) is 3.79 Å². The van der Waals surface area contributed by atoms with E-state index in [2.05, 4.69) is 14.8 Å². The van der Waals surface area contributed by atoms with Crippen molar-refractivity contribution in [3.05, 3.63) is 0 Å². The fourth-order valence-corrected chi connectivity index (χ4v) is 1.38. The van der Waals surface area contributed by atoms with Gasteiger partial charge < -0.3 is 14.8 Å². The number of nitrogens with one attached hydrogen (secondary N) is 1. The average Bonchev–Trinajstić information content (AvgIpc) is 2.21. The second kappa shape index (κ2) is 7.62. The van der Waals surface area contributed by atoms with Gasteiger partial charge in [-0.05, 0) is 0 Å². The Balaban J connectivity index is 4.07. The van der Waals surface area contributed by atoms with E-state index in [4.69, 9.17) is 34.8 Å². The zero-order chi connectivity index (χ0) is 12.8. The summed E-state index contributed by atoms with van der Waals surface area (Å²) < 4.78 is 7.70. The van der Waals surface area contributed by atoms with Gasteiger partial charge in [-0.15, -0.1) is 0 Å².